The van der Waals surface area contributed by atoms with Crippen molar-refractivity contribution in [1.29, 1.82) is 0 Å². The average Bonchev–Trinajstić information content (AvgIpc) is 3.09. The molecule has 0 spiro atoms. The van der Waals surface area contributed by atoms with Crippen LogP contribution in [0.15, 0.2) is 57.9 Å². The van der Waals surface area contributed by atoms with Crippen LogP contribution in [0.5, 0.6) is 0 Å². The minimum atomic E-state index is -0.396. The lowest BCUT2D eigenvalue weighted by atomic mass is 10.2. The maximum absolute atomic E-state index is 12.2. The van der Waals surface area contributed by atoms with Crippen LogP contribution in [0.25, 0.3) is 11.5 Å². The number of nitrogens with one attached hydrogen (secondary N) is 1. The predicted octanol–water partition coefficient (Wildman–Crippen LogP) is 3.84. The van der Waals surface area contributed by atoms with Crippen LogP contribution in [0.2, 0.25) is 5.02 Å². The van der Waals surface area contributed by atoms with Gasteiger partial charge in [-0.3, -0.25) is 4.79 Å². The van der Waals surface area contributed by atoms with Gasteiger partial charge in [-0.05, 0) is 30.3 Å². The number of oxazole rings is 1. The van der Waals surface area contributed by atoms with Gasteiger partial charge in [0.15, 0.2) is 17.8 Å². The largest absolute Gasteiger partial charge is 0.461 e. The van der Waals surface area contributed by atoms with Crippen molar-refractivity contribution in [2.24, 2.45) is 0 Å². The van der Waals surface area contributed by atoms with Crippen molar-refractivity contribution in [1.82, 2.24) is 4.98 Å². The molecule has 100 valence electrons. The Hall–Kier alpha value is -2.53. The van der Waals surface area contributed by atoms with Gasteiger partial charge in [0, 0.05) is 10.7 Å². The van der Waals surface area contributed by atoms with Crippen molar-refractivity contribution < 1.29 is 13.6 Å². The number of rotatable bonds is 3. The molecule has 5 nitrogen and oxygen atoms in total. The number of carbonyl (C=O) groups excluding carboxylic acids is 1. The van der Waals surface area contributed by atoms with E-state index in [1.54, 1.807) is 36.4 Å². The normalized spacial score (nSPS) is 10.4. The number of hydrogen-bond donors (Lipinski definition) is 1. The van der Waals surface area contributed by atoms with Gasteiger partial charge in [-0.2, -0.15) is 0 Å². The van der Waals surface area contributed by atoms with Gasteiger partial charge in [0.25, 0.3) is 5.91 Å². The third-order valence-electron chi connectivity index (χ3n) is 2.61. The Morgan fingerprint density at radius 2 is 2.10 bits per heavy atom. The highest BCUT2D eigenvalue weighted by Crippen LogP contribution is 2.24. The summed E-state index contributed by atoms with van der Waals surface area (Å²) < 4.78 is 10.4. The first-order chi connectivity index (χ1) is 9.74. The number of benzene rings is 1. The Morgan fingerprint density at radius 3 is 2.85 bits per heavy atom. The maximum atomic E-state index is 12.2. The molecule has 0 saturated carbocycles. The molecule has 0 fully saturated rings. The molecule has 0 unspecified atom stereocenters. The van der Waals surface area contributed by atoms with E-state index in [0.29, 0.717) is 16.5 Å². The molecule has 2 aromatic heterocycles. The van der Waals surface area contributed by atoms with E-state index >= 15 is 0 Å². The fourth-order valence-corrected chi connectivity index (χ4v) is 1.94. The molecule has 1 N–H and O–H groups in total. The van der Waals surface area contributed by atoms with Crippen LogP contribution in [0.1, 0.15) is 10.5 Å². The molecular weight excluding hydrogens is 280 g/mol. The van der Waals surface area contributed by atoms with Crippen LogP contribution in [0.3, 0.4) is 0 Å². The van der Waals surface area contributed by atoms with Gasteiger partial charge in [0.2, 0.25) is 5.76 Å². The molecule has 0 saturated heterocycles. The number of aromatic nitrogens is 1. The van der Waals surface area contributed by atoms with Gasteiger partial charge in [-0.25, -0.2) is 4.98 Å². The Morgan fingerprint density at radius 1 is 1.20 bits per heavy atom. The summed E-state index contributed by atoms with van der Waals surface area (Å²) in [6.07, 6.45) is 2.70. The van der Waals surface area contributed by atoms with Gasteiger partial charge in [-0.15, -0.1) is 0 Å². The first-order valence-corrected chi connectivity index (χ1v) is 6.16. The Balaban J connectivity index is 1.87. The van der Waals surface area contributed by atoms with Gasteiger partial charge >= 0.3 is 0 Å². The fourth-order valence-electron chi connectivity index (χ4n) is 1.75. The van der Waals surface area contributed by atoms with E-state index in [-0.39, 0.29) is 11.5 Å². The summed E-state index contributed by atoms with van der Waals surface area (Å²) in [6, 6.07) is 10.2. The molecule has 0 aliphatic rings. The van der Waals surface area contributed by atoms with Crippen LogP contribution in [0, 0.1) is 0 Å². The number of carbonyl (C=O) groups is 1. The number of anilines is 1. The average molecular weight is 289 g/mol. The molecule has 6 heteroatoms. The molecule has 2 heterocycles. The molecule has 20 heavy (non-hydrogen) atoms. The summed E-state index contributed by atoms with van der Waals surface area (Å²) in [7, 11) is 0. The zero-order chi connectivity index (χ0) is 13.9. The lowest BCUT2D eigenvalue weighted by molar-refractivity contribution is 0.102. The number of halogens is 1. The van der Waals surface area contributed by atoms with E-state index in [4.69, 9.17) is 20.4 Å². The molecule has 0 aliphatic carbocycles. The van der Waals surface area contributed by atoms with Crippen LogP contribution in [-0.4, -0.2) is 10.9 Å². The monoisotopic (exact) mass is 288 g/mol. The summed E-state index contributed by atoms with van der Waals surface area (Å²) in [5.74, 6) is 0.334. The quantitative estimate of drug-likeness (QED) is 0.795. The molecular formula is C14H9ClN2O3. The highest BCUT2D eigenvalue weighted by molar-refractivity contribution is 6.31. The lowest BCUT2D eigenvalue weighted by Crippen LogP contribution is -2.13. The van der Waals surface area contributed by atoms with E-state index in [2.05, 4.69) is 10.3 Å². The SMILES string of the molecule is O=C(Nc1cccc(Cl)c1)c1ncoc1-c1ccco1. The van der Waals surface area contributed by atoms with Crippen LogP contribution in [0.4, 0.5) is 5.69 Å². The van der Waals surface area contributed by atoms with Crippen molar-refractivity contribution in [3.05, 3.63) is 59.8 Å². The number of hydrogen-bond acceptors (Lipinski definition) is 4. The number of amides is 1. The third-order valence-corrected chi connectivity index (χ3v) is 2.85. The van der Waals surface area contributed by atoms with Crippen molar-refractivity contribution in [2.75, 3.05) is 5.32 Å². The molecule has 3 rings (SSSR count). The summed E-state index contributed by atoms with van der Waals surface area (Å²) >= 11 is 5.87. The van der Waals surface area contributed by atoms with E-state index in [0.717, 1.165) is 0 Å². The second-order valence-corrected chi connectivity index (χ2v) is 4.41. The maximum Gasteiger partial charge on any atom is 0.278 e. The van der Waals surface area contributed by atoms with Gasteiger partial charge in [0.05, 0.1) is 6.26 Å². The van der Waals surface area contributed by atoms with Gasteiger partial charge in [0.1, 0.15) is 0 Å². The zero-order valence-electron chi connectivity index (χ0n) is 10.2. The van der Waals surface area contributed by atoms with E-state index < -0.39 is 5.91 Å². The van der Waals surface area contributed by atoms with Crippen molar-refractivity contribution in [3.8, 4) is 11.5 Å². The summed E-state index contributed by atoms with van der Waals surface area (Å²) in [4.78, 5) is 16.1. The Bertz CT molecular complexity index is 734. The molecule has 3 aromatic rings. The third kappa shape index (κ3) is 2.44. The van der Waals surface area contributed by atoms with E-state index in [9.17, 15) is 4.79 Å². The first kappa shape index (κ1) is 12.5. The van der Waals surface area contributed by atoms with Gasteiger partial charge < -0.3 is 14.2 Å². The van der Waals surface area contributed by atoms with Crippen molar-refractivity contribution in [3.63, 3.8) is 0 Å². The number of furan rings is 1. The summed E-state index contributed by atoms with van der Waals surface area (Å²) in [6.45, 7) is 0. The molecule has 0 radical (unpaired) electrons. The smallest absolute Gasteiger partial charge is 0.278 e. The zero-order valence-corrected chi connectivity index (χ0v) is 10.9. The Kier molecular flexibility index (Phi) is 3.26. The van der Waals surface area contributed by atoms with Crippen LogP contribution < -0.4 is 5.32 Å². The molecule has 0 bridgehead atoms. The highest BCUT2D eigenvalue weighted by atomic mass is 35.5. The van der Waals surface area contributed by atoms with Crippen LogP contribution in [-0.2, 0) is 0 Å². The highest BCUT2D eigenvalue weighted by Gasteiger charge is 2.20. The van der Waals surface area contributed by atoms with E-state index in [1.165, 1.54) is 12.7 Å². The molecule has 1 aromatic carbocycles. The second-order valence-electron chi connectivity index (χ2n) is 3.97. The van der Waals surface area contributed by atoms with Crippen molar-refractivity contribution >= 4 is 23.2 Å². The van der Waals surface area contributed by atoms with E-state index in [1.807, 2.05) is 0 Å². The standard InChI is InChI=1S/C14H9ClN2O3/c15-9-3-1-4-10(7-9)17-14(18)12-13(20-8-16-12)11-5-2-6-19-11/h1-8H,(H,17,18). The minimum absolute atomic E-state index is 0.153. The predicted molar refractivity (Wildman–Crippen MR) is 73.6 cm³/mol. The molecule has 1 amide bonds. The summed E-state index contributed by atoms with van der Waals surface area (Å²) in [5, 5.41) is 3.24. The topological polar surface area (TPSA) is 68.3 Å². The van der Waals surface area contributed by atoms with Crippen molar-refractivity contribution in [2.45, 2.75) is 0 Å². The molecule has 0 aliphatic heterocycles. The Labute approximate surface area is 119 Å². The lowest BCUT2D eigenvalue weighted by Gasteiger charge is -2.04. The van der Waals surface area contributed by atoms with Gasteiger partial charge in [-0.1, -0.05) is 17.7 Å². The fraction of sp³-hybridized carbons (Fsp3) is 0. The summed E-state index contributed by atoms with van der Waals surface area (Å²) in [5.41, 5.74) is 0.732. The molecule has 0 atom stereocenters. The van der Waals surface area contributed by atoms with Crippen LogP contribution >= 0.6 is 11.6 Å². The minimum Gasteiger partial charge on any atom is -0.461 e. The number of nitrogens with zero attached hydrogens (tertiary/aromatic N) is 1. The second kappa shape index (κ2) is 5.22. The first-order valence-electron chi connectivity index (χ1n) is 5.78.